The van der Waals surface area contributed by atoms with Gasteiger partial charge in [-0.3, -0.25) is 0 Å². The molecule has 7 heteroatoms. The normalized spacial score (nSPS) is 12.7. The van der Waals surface area contributed by atoms with E-state index in [0.717, 1.165) is 5.56 Å². The Kier molecular flexibility index (Phi) is 7.91. The van der Waals surface area contributed by atoms with Crippen LogP contribution in [0.1, 0.15) is 23.7 Å². The van der Waals surface area contributed by atoms with Gasteiger partial charge in [0.05, 0.1) is 25.9 Å². The molecule has 146 valence electrons. The number of ether oxygens (including phenoxy) is 3. The molecule has 2 aromatic rings. The molecule has 0 saturated carbocycles. The Morgan fingerprint density at radius 2 is 1.63 bits per heavy atom. The number of methoxy groups -OCH3 is 2. The lowest BCUT2D eigenvalue weighted by Crippen LogP contribution is -2.30. The Labute approximate surface area is 158 Å². The van der Waals surface area contributed by atoms with Crippen LogP contribution >= 0.6 is 0 Å². The molecule has 1 amide bonds. The molecule has 2 aromatic carbocycles. The van der Waals surface area contributed by atoms with E-state index < -0.39 is 18.3 Å². The highest BCUT2D eigenvalue weighted by Gasteiger charge is 2.25. The van der Waals surface area contributed by atoms with Crippen molar-refractivity contribution in [3.8, 4) is 11.5 Å². The number of rotatable bonds is 9. The molecule has 0 aromatic heterocycles. The minimum absolute atomic E-state index is 0.128. The molecule has 27 heavy (non-hydrogen) atoms. The fraction of sp³-hybridized carbons (Fsp3) is 0.350. The molecule has 0 aliphatic carbocycles. The van der Waals surface area contributed by atoms with Gasteiger partial charge in [0.25, 0.3) is 0 Å². The first kappa shape index (κ1) is 20.5. The predicted molar refractivity (Wildman–Crippen MR) is 99.8 cm³/mol. The summed E-state index contributed by atoms with van der Waals surface area (Å²) in [5.74, 6) is 0.826. The van der Waals surface area contributed by atoms with Crippen LogP contribution in [0.4, 0.5) is 4.79 Å². The molecule has 2 unspecified atom stereocenters. The highest BCUT2D eigenvalue weighted by molar-refractivity contribution is 5.67. The SMILES string of the molecule is COc1cccc(OC)c1C(O)C(O)CCNC(=O)OCc1ccccc1. The summed E-state index contributed by atoms with van der Waals surface area (Å²) in [4.78, 5) is 11.7. The highest BCUT2D eigenvalue weighted by Crippen LogP contribution is 2.36. The monoisotopic (exact) mass is 375 g/mol. The van der Waals surface area contributed by atoms with Gasteiger partial charge in [0, 0.05) is 6.54 Å². The smallest absolute Gasteiger partial charge is 0.407 e. The summed E-state index contributed by atoms with van der Waals surface area (Å²) in [6, 6.07) is 14.4. The maximum atomic E-state index is 11.7. The third-order valence-electron chi connectivity index (χ3n) is 4.05. The molecular formula is C20H25NO6. The third kappa shape index (κ3) is 5.87. The number of benzene rings is 2. The molecule has 2 atom stereocenters. The second-order valence-electron chi connectivity index (χ2n) is 5.87. The zero-order chi connectivity index (χ0) is 19.6. The first-order valence-corrected chi connectivity index (χ1v) is 8.58. The molecule has 0 aliphatic rings. The van der Waals surface area contributed by atoms with Crippen LogP contribution in [0.3, 0.4) is 0 Å². The zero-order valence-corrected chi connectivity index (χ0v) is 15.4. The highest BCUT2D eigenvalue weighted by atomic mass is 16.5. The molecule has 0 fully saturated rings. The van der Waals surface area contributed by atoms with Crippen LogP contribution in [0, 0.1) is 0 Å². The van der Waals surface area contributed by atoms with E-state index in [-0.39, 0.29) is 19.6 Å². The molecule has 0 radical (unpaired) electrons. The first-order chi connectivity index (χ1) is 13.1. The Balaban J connectivity index is 1.83. The number of nitrogens with one attached hydrogen (secondary N) is 1. The first-order valence-electron chi connectivity index (χ1n) is 8.58. The molecule has 0 aliphatic heterocycles. The van der Waals surface area contributed by atoms with E-state index in [0.29, 0.717) is 17.1 Å². The van der Waals surface area contributed by atoms with Crippen molar-refractivity contribution in [3.05, 3.63) is 59.7 Å². The van der Waals surface area contributed by atoms with Crippen molar-refractivity contribution in [2.24, 2.45) is 0 Å². The van der Waals surface area contributed by atoms with E-state index in [2.05, 4.69) is 5.32 Å². The summed E-state index contributed by atoms with van der Waals surface area (Å²) in [7, 11) is 2.95. The summed E-state index contributed by atoms with van der Waals surface area (Å²) in [5, 5.41) is 23.3. The second kappa shape index (κ2) is 10.4. The van der Waals surface area contributed by atoms with Crippen LogP contribution in [0.15, 0.2) is 48.5 Å². The van der Waals surface area contributed by atoms with Crippen molar-refractivity contribution >= 4 is 6.09 Å². The Hall–Kier alpha value is -2.77. The maximum Gasteiger partial charge on any atom is 0.407 e. The molecule has 0 bridgehead atoms. The van der Waals surface area contributed by atoms with Crippen LogP contribution in [0.5, 0.6) is 11.5 Å². The number of aliphatic hydroxyl groups excluding tert-OH is 2. The van der Waals surface area contributed by atoms with Gasteiger partial charge in [-0.05, 0) is 24.1 Å². The molecule has 0 spiro atoms. The number of amides is 1. The number of aliphatic hydroxyl groups is 2. The zero-order valence-electron chi connectivity index (χ0n) is 15.4. The molecular weight excluding hydrogens is 350 g/mol. The fourth-order valence-corrected chi connectivity index (χ4v) is 2.62. The predicted octanol–water partition coefficient (Wildman–Crippen LogP) is 2.41. The number of hydrogen-bond donors (Lipinski definition) is 3. The molecule has 2 rings (SSSR count). The molecule has 0 heterocycles. The molecule has 3 N–H and O–H groups in total. The number of alkyl carbamates (subject to hydrolysis) is 1. The van der Waals surface area contributed by atoms with Crippen LogP contribution < -0.4 is 14.8 Å². The average Bonchev–Trinajstić information content (AvgIpc) is 2.71. The lowest BCUT2D eigenvalue weighted by molar-refractivity contribution is 0.0110. The summed E-state index contributed by atoms with van der Waals surface area (Å²) in [5.41, 5.74) is 1.24. The van der Waals surface area contributed by atoms with Gasteiger partial charge in [0.1, 0.15) is 24.2 Å². The van der Waals surface area contributed by atoms with Crippen molar-refractivity contribution in [1.29, 1.82) is 0 Å². The maximum absolute atomic E-state index is 11.7. The lowest BCUT2D eigenvalue weighted by atomic mass is 10.00. The van der Waals surface area contributed by atoms with Crippen molar-refractivity contribution in [3.63, 3.8) is 0 Å². The van der Waals surface area contributed by atoms with Gasteiger partial charge in [-0.15, -0.1) is 0 Å². The van der Waals surface area contributed by atoms with Gasteiger partial charge in [-0.2, -0.15) is 0 Å². The Morgan fingerprint density at radius 3 is 2.22 bits per heavy atom. The molecule has 0 saturated heterocycles. The number of carbonyl (C=O) groups excluding carboxylic acids is 1. The Bertz CT molecular complexity index is 699. The minimum Gasteiger partial charge on any atom is -0.496 e. The van der Waals surface area contributed by atoms with E-state index in [4.69, 9.17) is 14.2 Å². The summed E-state index contributed by atoms with van der Waals surface area (Å²) >= 11 is 0. The lowest BCUT2D eigenvalue weighted by Gasteiger charge is -2.22. The van der Waals surface area contributed by atoms with Crippen LogP contribution in [0.25, 0.3) is 0 Å². The van der Waals surface area contributed by atoms with Gasteiger partial charge >= 0.3 is 6.09 Å². The van der Waals surface area contributed by atoms with Gasteiger partial charge < -0.3 is 29.7 Å². The molecule has 7 nitrogen and oxygen atoms in total. The van der Waals surface area contributed by atoms with Crippen LogP contribution in [-0.2, 0) is 11.3 Å². The van der Waals surface area contributed by atoms with Crippen LogP contribution in [0.2, 0.25) is 0 Å². The number of carbonyl (C=O) groups is 1. The van der Waals surface area contributed by atoms with Crippen molar-refractivity contribution in [2.45, 2.75) is 25.2 Å². The van der Waals surface area contributed by atoms with Crippen molar-refractivity contribution in [1.82, 2.24) is 5.32 Å². The fourth-order valence-electron chi connectivity index (χ4n) is 2.62. The van der Waals surface area contributed by atoms with Gasteiger partial charge in [-0.1, -0.05) is 36.4 Å². The summed E-state index contributed by atoms with van der Waals surface area (Å²) < 4.78 is 15.6. The quantitative estimate of drug-likeness (QED) is 0.623. The topological polar surface area (TPSA) is 97.3 Å². The Morgan fingerprint density at radius 1 is 1.00 bits per heavy atom. The van der Waals surface area contributed by atoms with E-state index in [1.54, 1.807) is 18.2 Å². The largest absolute Gasteiger partial charge is 0.496 e. The van der Waals surface area contributed by atoms with E-state index in [1.807, 2.05) is 30.3 Å². The standard InChI is InChI=1S/C20H25NO6/c1-25-16-9-6-10-17(26-2)18(16)19(23)15(22)11-12-21-20(24)27-13-14-7-4-3-5-8-14/h3-10,15,19,22-23H,11-13H2,1-2H3,(H,21,24). The minimum atomic E-state index is -1.22. The van der Waals surface area contributed by atoms with E-state index in [9.17, 15) is 15.0 Å². The average molecular weight is 375 g/mol. The van der Waals surface area contributed by atoms with E-state index >= 15 is 0 Å². The van der Waals surface area contributed by atoms with Gasteiger partial charge in [0.15, 0.2) is 0 Å². The van der Waals surface area contributed by atoms with Crippen molar-refractivity contribution < 1.29 is 29.2 Å². The van der Waals surface area contributed by atoms with E-state index in [1.165, 1.54) is 14.2 Å². The summed E-state index contributed by atoms with van der Waals surface area (Å²) in [6.45, 7) is 0.305. The van der Waals surface area contributed by atoms with Crippen LogP contribution in [-0.4, -0.2) is 43.2 Å². The number of hydrogen-bond acceptors (Lipinski definition) is 6. The van der Waals surface area contributed by atoms with Gasteiger partial charge in [-0.25, -0.2) is 4.79 Å². The van der Waals surface area contributed by atoms with Gasteiger partial charge in [0.2, 0.25) is 0 Å². The second-order valence-corrected chi connectivity index (χ2v) is 5.87. The third-order valence-corrected chi connectivity index (χ3v) is 4.05. The van der Waals surface area contributed by atoms with Crippen molar-refractivity contribution in [2.75, 3.05) is 20.8 Å². The summed E-state index contributed by atoms with van der Waals surface area (Å²) in [6.07, 6.45) is -2.80.